The first-order valence-electron chi connectivity index (χ1n) is 7.96. The van der Waals surface area contributed by atoms with Crippen LogP contribution in [0.2, 0.25) is 0 Å². The van der Waals surface area contributed by atoms with Crippen molar-refractivity contribution in [2.45, 2.75) is 33.7 Å². The van der Waals surface area contributed by atoms with E-state index in [0.29, 0.717) is 5.56 Å². The van der Waals surface area contributed by atoms with Crippen LogP contribution < -0.4 is 0 Å². The third-order valence-corrected chi connectivity index (χ3v) is 3.97. The predicted molar refractivity (Wildman–Crippen MR) is 91.9 cm³/mol. The van der Waals surface area contributed by atoms with Gasteiger partial charge in [-0.05, 0) is 38.5 Å². The van der Waals surface area contributed by atoms with Gasteiger partial charge >= 0.3 is 5.97 Å². The number of carbonyl (C=O) groups excluding carboxylic acids is 2. The SMILES string of the molecule is CCCn1c(C)cc(C(=O)COC(=O)c2ccc([N+](=O)[O-])cc2)c1C. The Morgan fingerprint density at radius 2 is 1.84 bits per heavy atom. The zero-order valence-electron chi connectivity index (χ0n) is 14.4. The van der Waals surface area contributed by atoms with Gasteiger partial charge in [0.1, 0.15) is 0 Å². The maximum absolute atomic E-state index is 12.3. The number of nitrogens with zero attached hydrogens (tertiary/aromatic N) is 2. The summed E-state index contributed by atoms with van der Waals surface area (Å²) in [5.41, 5.74) is 2.44. The smallest absolute Gasteiger partial charge is 0.338 e. The summed E-state index contributed by atoms with van der Waals surface area (Å²) in [7, 11) is 0. The van der Waals surface area contributed by atoms with Crippen LogP contribution in [0.15, 0.2) is 30.3 Å². The molecule has 7 nitrogen and oxygen atoms in total. The standard InChI is InChI=1S/C18H20N2O5/c1-4-9-19-12(2)10-16(13(19)3)17(21)11-25-18(22)14-5-7-15(8-6-14)20(23)24/h5-8,10H,4,9,11H2,1-3H3. The monoisotopic (exact) mass is 344 g/mol. The van der Waals surface area contributed by atoms with Gasteiger partial charge in [0.15, 0.2) is 6.61 Å². The summed E-state index contributed by atoms with van der Waals surface area (Å²) < 4.78 is 7.10. The maximum atomic E-state index is 12.3. The van der Waals surface area contributed by atoms with Crippen molar-refractivity contribution >= 4 is 17.4 Å². The highest BCUT2D eigenvalue weighted by atomic mass is 16.6. The molecule has 0 fully saturated rings. The molecule has 132 valence electrons. The van der Waals surface area contributed by atoms with Gasteiger partial charge in [-0.2, -0.15) is 0 Å². The number of nitro groups is 1. The first-order chi connectivity index (χ1) is 11.8. The Morgan fingerprint density at radius 3 is 2.40 bits per heavy atom. The van der Waals surface area contributed by atoms with Crippen molar-refractivity contribution in [3.05, 3.63) is 63.0 Å². The quantitative estimate of drug-likeness (QED) is 0.332. The van der Waals surface area contributed by atoms with E-state index in [1.165, 1.54) is 24.3 Å². The average Bonchev–Trinajstić information content (AvgIpc) is 2.88. The van der Waals surface area contributed by atoms with E-state index in [1.54, 1.807) is 6.07 Å². The number of nitro benzene ring substituents is 1. The predicted octanol–water partition coefficient (Wildman–Crippen LogP) is 3.46. The van der Waals surface area contributed by atoms with Crippen molar-refractivity contribution in [3.63, 3.8) is 0 Å². The fourth-order valence-electron chi connectivity index (χ4n) is 2.66. The van der Waals surface area contributed by atoms with Crippen LogP contribution in [-0.4, -0.2) is 27.8 Å². The van der Waals surface area contributed by atoms with Crippen molar-refractivity contribution in [3.8, 4) is 0 Å². The van der Waals surface area contributed by atoms with Gasteiger partial charge in [-0.25, -0.2) is 4.79 Å². The summed E-state index contributed by atoms with van der Waals surface area (Å²) >= 11 is 0. The summed E-state index contributed by atoms with van der Waals surface area (Å²) in [5, 5.41) is 10.6. The Labute approximate surface area is 145 Å². The molecule has 0 saturated heterocycles. The number of ketones is 1. The molecule has 1 heterocycles. The molecule has 1 aromatic carbocycles. The molecule has 2 aromatic rings. The van der Waals surface area contributed by atoms with E-state index >= 15 is 0 Å². The van der Waals surface area contributed by atoms with Gasteiger partial charge < -0.3 is 9.30 Å². The van der Waals surface area contributed by atoms with Crippen LogP contribution in [0.3, 0.4) is 0 Å². The van der Waals surface area contributed by atoms with Gasteiger partial charge in [0.25, 0.3) is 5.69 Å². The number of rotatable bonds is 7. The lowest BCUT2D eigenvalue weighted by Crippen LogP contribution is -2.15. The van der Waals surface area contributed by atoms with Gasteiger partial charge in [-0.1, -0.05) is 6.92 Å². The number of aryl methyl sites for hydroxylation is 1. The van der Waals surface area contributed by atoms with Crippen LogP contribution in [-0.2, 0) is 11.3 Å². The summed E-state index contributed by atoms with van der Waals surface area (Å²) in [6.07, 6.45) is 0.957. The number of ether oxygens (including phenoxy) is 1. The Morgan fingerprint density at radius 1 is 1.20 bits per heavy atom. The molecule has 0 saturated carbocycles. The number of hydrogen-bond acceptors (Lipinski definition) is 5. The molecule has 0 aliphatic carbocycles. The van der Waals surface area contributed by atoms with E-state index < -0.39 is 10.9 Å². The van der Waals surface area contributed by atoms with E-state index in [-0.39, 0.29) is 23.6 Å². The molecule has 1 aromatic heterocycles. The van der Waals surface area contributed by atoms with Crippen molar-refractivity contribution in [2.75, 3.05) is 6.61 Å². The number of esters is 1. The molecule has 0 aliphatic heterocycles. The minimum atomic E-state index is -0.689. The number of aromatic nitrogens is 1. The van der Waals surface area contributed by atoms with Gasteiger partial charge in [0.2, 0.25) is 5.78 Å². The molecular formula is C18H20N2O5. The summed E-state index contributed by atoms with van der Waals surface area (Å²) in [4.78, 5) is 34.4. The molecular weight excluding hydrogens is 324 g/mol. The van der Waals surface area contributed by atoms with E-state index in [2.05, 4.69) is 11.5 Å². The number of non-ortho nitro benzene ring substituents is 1. The van der Waals surface area contributed by atoms with Gasteiger partial charge in [-0.3, -0.25) is 14.9 Å². The Kier molecular flexibility index (Phi) is 5.69. The lowest BCUT2D eigenvalue weighted by Gasteiger charge is -2.08. The number of benzene rings is 1. The summed E-state index contributed by atoms with van der Waals surface area (Å²) in [6, 6.07) is 6.84. The average molecular weight is 344 g/mol. The van der Waals surface area contributed by atoms with Crippen molar-refractivity contribution in [1.82, 2.24) is 4.57 Å². The summed E-state index contributed by atoms with van der Waals surface area (Å²) in [6.45, 7) is 6.32. The second-order valence-corrected chi connectivity index (χ2v) is 5.74. The molecule has 7 heteroatoms. The molecule has 2 rings (SSSR count). The number of hydrogen-bond donors (Lipinski definition) is 0. The largest absolute Gasteiger partial charge is 0.454 e. The normalized spacial score (nSPS) is 10.5. The Balaban J connectivity index is 2.03. The maximum Gasteiger partial charge on any atom is 0.338 e. The van der Waals surface area contributed by atoms with Crippen molar-refractivity contribution < 1.29 is 19.2 Å². The first-order valence-corrected chi connectivity index (χ1v) is 7.96. The van der Waals surface area contributed by atoms with Crippen LogP contribution in [0, 0.1) is 24.0 Å². The third kappa shape index (κ3) is 4.12. The highest BCUT2D eigenvalue weighted by Crippen LogP contribution is 2.17. The highest BCUT2D eigenvalue weighted by molar-refractivity contribution is 6.00. The van der Waals surface area contributed by atoms with E-state index in [1.807, 2.05) is 13.8 Å². The van der Waals surface area contributed by atoms with Gasteiger partial charge in [0, 0.05) is 35.6 Å². The molecule has 0 atom stereocenters. The van der Waals surface area contributed by atoms with E-state index in [0.717, 1.165) is 24.4 Å². The molecule has 0 spiro atoms. The molecule has 0 N–H and O–H groups in total. The molecule has 0 aliphatic rings. The lowest BCUT2D eigenvalue weighted by molar-refractivity contribution is -0.384. The van der Waals surface area contributed by atoms with Crippen molar-refractivity contribution in [2.24, 2.45) is 0 Å². The Hall–Kier alpha value is -2.96. The fraction of sp³-hybridized carbons (Fsp3) is 0.333. The molecule has 0 amide bonds. The molecule has 0 unspecified atom stereocenters. The van der Waals surface area contributed by atoms with Crippen LogP contribution in [0.5, 0.6) is 0 Å². The van der Waals surface area contributed by atoms with Gasteiger partial charge in [0.05, 0.1) is 10.5 Å². The number of carbonyl (C=O) groups is 2. The topological polar surface area (TPSA) is 91.4 Å². The van der Waals surface area contributed by atoms with Gasteiger partial charge in [-0.15, -0.1) is 0 Å². The minimum absolute atomic E-state index is 0.115. The minimum Gasteiger partial charge on any atom is -0.454 e. The molecule has 0 radical (unpaired) electrons. The van der Waals surface area contributed by atoms with Crippen LogP contribution in [0.25, 0.3) is 0 Å². The number of Topliss-reactive ketones (excluding diaryl/α,β-unsaturated/α-hetero) is 1. The van der Waals surface area contributed by atoms with Crippen molar-refractivity contribution in [1.29, 1.82) is 0 Å². The lowest BCUT2D eigenvalue weighted by atomic mass is 10.1. The Bertz CT molecular complexity index is 806. The first kappa shape index (κ1) is 18.4. The fourth-order valence-corrected chi connectivity index (χ4v) is 2.66. The van der Waals surface area contributed by atoms with E-state index in [4.69, 9.17) is 4.74 Å². The van der Waals surface area contributed by atoms with Crippen LogP contribution in [0.4, 0.5) is 5.69 Å². The van der Waals surface area contributed by atoms with Crippen LogP contribution in [0.1, 0.15) is 45.4 Å². The molecule has 0 bridgehead atoms. The zero-order chi connectivity index (χ0) is 18.6. The molecule has 25 heavy (non-hydrogen) atoms. The van der Waals surface area contributed by atoms with Crippen LogP contribution >= 0.6 is 0 Å². The van der Waals surface area contributed by atoms with E-state index in [9.17, 15) is 19.7 Å². The summed E-state index contributed by atoms with van der Waals surface area (Å²) in [5.74, 6) is -0.962. The second-order valence-electron chi connectivity index (χ2n) is 5.74. The second kappa shape index (κ2) is 7.74. The zero-order valence-corrected chi connectivity index (χ0v) is 14.4. The third-order valence-electron chi connectivity index (χ3n) is 3.97. The highest BCUT2D eigenvalue weighted by Gasteiger charge is 2.18.